The first-order valence-corrected chi connectivity index (χ1v) is 11.0. The molecule has 0 N–H and O–H groups in total. The molecule has 0 aliphatic carbocycles. The molecule has 1 aromatic rings. The molecule has 0 atom stereocenters. The Balaban J connectivity index is 2.93. The Morgan fingerprint density at radius 2 is 1.64 bits per heavy atom. The van der Waals surface area contributed by atoms with Gasteiger partial charge in [-0.3, -0.25) is 0 Å². The molecular weight excluding hydrogens is 164 g/mol. The van der Waals surface area contributed by atoms with Crippen LogP contribution in [-0.4, -0.2) is 16.6 Å². The van der Waals surface area contributed by atoms with Crippen molar-refractivity contribution in [2.45, 2.75) is 19.6 Å². The zero-order valence-electron chi connectivity index (χ0n) is 7.59. The van der Waals surface area contributed by atoms with Gasteiger partial charge in [0.25, 0.3) is 0 Å². The summed E-state index contributed by atoms with van der Waals surface area (Å²) in [6, 6.07) is 11.0. The largest absolute Gasteiger partial charge is 0.0763 e. The summed E-state index contributed by atoms with van der Waals surface area (Å²) in [5.74, 6) is 0. The van der Waals surface area contributed by atoms with Crippen molar-refractivity contribution in [1.29, 1.82) is 0 Å². The molecule has 1 rings (SSSR count). The third-order valence-electron chi connectivity index (χ3n) is 2.44. The molecule has 0 aromatic heterocycles. The second-order valence-electron chi connectivity index (χ2n) is 3.60. The number of hydrogen-bond acceptors (Lipinski definition) is 0. The minimum absolute atomic E-state index is 0.183. The van der Waals surface area contributed by atoms with Crippen LogP contribution < -0.4 is 5.19 Å². The van der Waals surface area contributed by atoms with Crippen molar-refractivity contribution in [2.75, 3.05) is 0 Å². The summed E-state index contributed by atoms with van der Waals surface area (Å²) in [6.07, 6.45) is 0. The third kappa shape index (κ3) is 2.04. The topological polar surface area (TPSA) is 0 Å². The van der Waals surface area contributed by atoms with Crippen molar-refractivity contribution in [2.24, 2.45) is 0 Å². The van der Waals surface area contributed by atoms with Crippen LogP contribution in [0.5, 0.6) is 0 Å². The zero-order valence-corrected chi connectivity index (χ0v) is 10.0. The van der Waals surface area contributed by atoms with Crippen LogP contribution in [-0.2, 0) is 0 Å². The minimum Gasteiger partial charge on any atom is -0.0763 e. The van der Waals surface area contributed by atoms with E-state index in [0.717, 1.165) is 0 Å². The Morgan fingerprint density at radius 1 is 1.09 bits per heavy atom. The monoisotopic (exact) mass is 180 g/mol. The second-order valence-corrected chi connectivity index (χ2v) is 16.1. The fraction of sp³-hybridized carbons (Fsp3) is 0.333. The van der Waals surface area contributed by atoms with Crippen molar-refractivity contribution in [1.82, 2.24) is 0 Å². The van der Waals surface area contributed by atoms with Crippen molar-refractivity contribution in [3.8, 4) is 0 Å². The third-order valence-corrected chi connectivity index (χ3v) is 12.6. The minimum atomic E-state index is -0.914. The predicted molar refractivity (Wildman–Crippen MR) is 58.0 cm³/mol. The first-order chi connectivity index (χ1) is 5.17. The lowest BCUT2D eigenvalue weighted by Gasteiger charge is -2.19. The Bertz CT molecular complexity index is 216. The van der Waals surface area contributed by atoms with E-state index < -0.39 is 7.59 Å². The van der Waals surface area contributed by atoms with Crippen LogP contribution in [0.15, 0.2) is 30.3 Å². The highest BCUT2D eigenvalue weighted by Gasteiger charge is 2.19. The molecule has 0 aliphatic rings. The van der Waals surface area contributed by atoms with Gasteiger partial charge < -0.3 is 0 Å². The molecule has 60 valence electrons. The predicted octanol–water partition coefficient (Wildman–Crippen LogP) is 1.32. The van der Waals surface area contributed by atoms with Crippen molar-refractivity contribution < 1.29 is 0 Å². The first kappa shape index (κ1) is 8.75. The average Bonchev–Trinajstić information content (AvgIpc) is 2.06. The van der Waals surface area contributed by atoms with E-state index in [1.54, 1.807) is 5.19 Å². The fourth-order valence-corrected chi connectivity index (χ4v) is 4.53. The highest BCUT2D eigenvalue weighted by Crippen LogP contribution is 2.00. The van der Waals surface area contributed by atoms with Crippen LogP contribution in [0.4, 0.5) is 0 Å². The summed E-state index contributed by atoms with van der Waals surface area (Å²) in [4.78, 5) is 0. The van der Waals surface area contributed by atoms with Gasteiger partial charge in [0, 0.05) is 9.04 Å². The molecule has 0 aliphatic heterocycles. The van der Waals surface area contributed by atoms with E-state index in [0.29, 0.717) is 0 Å². The van der Waals surface area contributed by atoms with Gasteiger partial charge in [-0.05, 0) is 0 Å². The summed E-state index contributed by atoms with van der Waals surface area (Å²) >= 11 is 0. The molecule has 1 aromatic carbocycles. The summed E-state index contributed by atoms with van der Waals surface area (Å²) in [5, 5.41) is 1.63. The highest BCUT2D eigenvalue weighted by molar-refractivity contribution is 7.29. The van der Waals surface area contributed by atoms with Gasteiger partial charge in [0.15, 0.2) is 0 Å². The van der Waals surface area contributed by atoms with Gasteiger partial charge in [0.1, 0.15) is 0 Å². The van der Waals surface area contributed by atoms with Gasteiger partial charge in [-0.1, -0.05) is 55.2 Å². The maximum atomic E-state index is 2.48. The number of hydrogen-bond donors (Lipinski definition) is 0. The Kier molecular flexibility index (Phi) is 2.68. The van der Waals surface area contributed by atoms with E-state index in [4.69, 9.17) is 0 Å². The highest BCUT2D eigenvalue weighted by atomic mass is 29.2. The lowest BCUT2D eigenvalue weighted by molar-refractivity contribution is 1.73. The molecule has 0 saturated heterocycles. The number of rotatable bonds is 2. The summed E-state index contributed by atoms with van der Waals surface area (Å²) in [7, 11) is -0.732. The van der Waals surface area contributed by atoms with E-state index in [1.165, 1.54) is 0 Å². The Labute approximate surface area is 72.3 Å². The molecule has 0 bridgehead atoms. The van der Waals surface area contributed by atoms with Gasteiger partial charge >= 0.3 is 0 Å². The first-order valence-electron chi connectivity index (χ1n) is 4.22. The molecular formula is C9H16Si2. The van der Waals surface area contributed by atoms with Crippen LogP contribution in [0.3, 0.4) is 0 Å². The van der Waals surface area contributed by atoms with Crippen LogP contribution in [0.25, 0.3) is 0 Å². The molecule has 0 spiro atoms. The van der Waals surface area contributed by atoms with E-state index in [9.17, 15) is 0 Å². The molecule has 11 heavy (non-hydrogen) atoms. The van der Waals surface area contributed by atoms with Gasteiger partial charge in [0.05, 0.1) is 7.59 Å². The standard InChI is InChI=1S/C9H16Si2/c1-10-11(2,3)9-7-5-4-6-8-9/h4-8H,10H2,1-3H3. The molecule has 0 radical (unpaired) electrons. The van der Waals surface area contributed by atoms with E-state index in [2.05, 4.69) is 50.0 Å². The smallest absolute Gasteiger partial charge is 0.0665 e. The second kappa shape index (κ2) is 3.37. The maximum absolute atomic E-state index is 2.48. The SMILES string of the molecule is C[SiH2][Si](C)(C)c1ccccc1. The van der Waals surface area contributed by atoms with Crippen LogP contribution in [0, 0.1) is 0 Å². The quantitative estimate of drug-likeness (QED) is 0.602. The lowest BCUT2D eigenvalue weighted by Crippen LogP contribution is -2.46. The maximum Gasteiger partial charge on any atom is 0.0665 e. The molecule has 0 heterocycles. The Morgan fingerprint density at radius 3 is 2.09 bits per heavy atom. The van der Waals surface area contributed by atoms with E-state index in [-0.39, 0.29) is 9.04 Å². The van der Waals surface area contributed by atoms with Crippen molar-refractivity contribution >= 4 is 21.8 Å². The van der Waals surface area contributed by atoms with Gasteiger partial charge in [-0.25, -0.2) is 0 Å². The molecule has 0 unspecified atom stereocenters. The number of benzene rings is 1. The van der Waals surface area contributed by atoms with Crippen LogP contribution in [0.2, 0.25) is 19.6 Å². The average molecular weight is 180 g/mol. The van der Waals surface area contributed by atoms with Gasteiger partial charge in [-0.15, -0.1) is 0 Å². The summed E-state index contributed by atoms with van der Waals surface area (Å²) in [6.45, 7) is 7.39. The molecule has 0 fully saturated rings. The van der Waals surface area contributed by atoms with Crippen LogP contribution >= 0.6 is 0 Å². The Hall–Kier alpha value is -0.346. The van der Waals surface area contributed by atoms with Gasteiger partial charge in [0.2, 0.25) is 0 Å². The summed E-state index contributed by atoms with van der Waals surface area (Å²) < 4.78 is 0. The molecule has 0 amide bonds. The molecule has 2 heteroatoms. The lowest BCUT2D eigenvalue weighted by atomic mass is 10.4. The molecule has 0 nitrogen and oxygen atoms in total. The molecule has 0 saturated carbocycles. The van der Waals surface area contributed by atoms with Crippen molar-refractivity contribution in [3.05, 3.63) is 30.3 Å². The summed E-state index contributed by atoms with van der Waals surface area (Å²) in [5.41, 5.74) is 0. The van der Waals surface area contributed by atoms with E-state index >= 15 is 0 Å². The normalized spacial score (nSPS) is 12.6. The van der Waals surface area contributed by atoms with Gasteiger partial charge in [-0.2, -0.15) is 0 Å². The fourth-order valence-electron chi connectivity index (χ4n) is 1.09. The zero-order chi connectivity index (χ0) is 8.32. The van der Waals surface area contributed by atoms with E-state index in [1.807, 2.05) is 0 Å². The van der Waals surface area contributed by atoms with Crippen molar-refractivity contribution in [3.63, 3.8) is 0 Å². The van der Waals surface area contributed by atoms with Crippen LogP contribution in [0.1, 0.15) is 0 Å².